The van der Waals surface area contributed by atoms with Crippen molar-refractivity contribution >= 4 is 50.1 Å². The van der Waals surface area contributed by atoms with Crippen LogP contribution in [0, 0.1) is 0 Å². The monoisotopic (exact) mass is 437 g/mol. The molecule has 0 aliphatic heterocycles. The summed E-state index contributed by atoms with van der Waals surface area (Å²) in [6, 6.07) is 13.8. The van der Waals surface area contributed by atoms with Gasteiger partial charge < -0.3 is 9.73 Å². The lowest BCUT2D eigenvalue weighted by molar-refractivity contribution is -0.120. The normalized spacial score (nSPS) is 11.2. The Hall–Kier alpha value is -2.81. The van der Waals surface area contributed by atoms with Crippen molar-refractivity contribution < 1.29 is 9.21 Å². The molecule has 4 heterocycles. The predicted octanol–water partition coefficient (Wildman–Crippen LogP) is 5.60. The topological polar surface area (TPSA) is 68.0 Å². The average molecular weight is 438 g/mol. The van der Waals surface area contributed by atoms with Gasteiger partial charge in [0.2, 0.25) is 5.91 Å². The third-order valence-corrected chi connectivity index (χ3v) is 6.96. The van der Waals surface area contributed by atoms with Gasteiger partial charge in [-0.3, -0.25) is 4.79 Å². The number of aromatic nitrogens is 2. The van der Waals surface area contributed by atoms with Crippen molar-refractivity contribution in [3.8, 4) is 21.3 Å². The number of nitrogens with one attached hydrogen (secondary N) is 1. The first-order valence-electron chi connectivity index (χ1n) is 8.93. The number of amides is 1. The van der Waals surface area contributed by atoms with E-state index in [0.717, 1.165) is 37.2 Å². The minimum Gasteiger partial charge on any atom is -0.457 e. The number of hydrogen-bond donors (Lipinski definition) is 1. The summed E-state index contributed by atoms with van der Waals surface area (Å²) < 4.78 is 7.00. The molecule has 0 aliphatic rings. The number of carbonyl (C=O) groups is 1. The zero-order valence-electron chi connectivity index (χ0n) is 15.1. The Morgan fingerprint density at radius 3 is 2.83 bits per heavy atom. The number of para-hydroxylation sites is 1. The van der Waals surface area contributed by atoms with Crippen LogP contribution in [0.2, 0.25) is 0 Å². The molecule has 1 amide bonds. The lowest BCUT2D eigenvalue weighted by Gasteiger charge is -2.01. The van der Waals surface area contributed by atoms with Gasteiger partial charge in [-0.25, -0.2) is 9.97 Å². The Kier molecular flexibility index (Phi) is 4.97. The highest BCUT2D eigenvalue weighted by Crippen LogP contribution is 2.31. The molecule has 0 atom stereocenters. The number of fused-ring (bicyclic) bond motifs is 1. The van der Waals surface area contributed by atoms with E-state index in [2.05, 4.69) is 20.7 Å². The smallest absolute Gasteiger partial charge is 0.226 e. The van der Waals surface area contributed by atoms with Crippen molar-refractivity contribution in [2.75, 3.05) is 0 Å². The summed E-state index contributed by atoms with van der Waals surface area (Å²) in [4.78, 5) is 21.4. The number of thiophene rings is 1. The summed E-state index contributed by atoms with van der Waals surface area (Å²) in [5.74, 6) is 1.34. The molecule has 1 aromatic carbocycles. The van der Waals surface area contributed by atoms with Crippen LogP contribution in [0.4, 0.5) is 0 Å². The van der Waals surface area contributed by atoms with Crippen LogP contribution in [-0.2, 0) is 17.8 Å². The van der Waals surface area contributed by atoms with Crippen LogP contribution in [0.15, 0.2) is 63.0 Å². The number of benzene rings is 1. The van der Waals surface area contributed by atoms with Crippen molar-refractivity contribution in [2.45, 2.75) is 13.0 Å². The third-order valence-electron chi connectivity index (χ3n) is 4.29. The van der Waals surface area contributed by atoms with Crippen LogP contribution in [0.1, 0.15) is 11.5 Å². The number of rotatable bonds is 6. The summed E-state index contributed by atoms with van der Waals surface area (Å²) in [5.41, 5.74) is 2.84. The first-order chi connectivity index (χ1) is 14.2. The number of thiazole rings is 2. The van der Waals surface area contributed by atoms with Gasteiger partial charge in [-0.2, -0.15) is 11.3 Å². The first kappa shape index (κ1) is 18.2. The molecule has 5 aromatic rings. The van der Waals surface area contributed by atoms with E-state index in [-0.39, 0.29) is 12.3 Å². The van der Waals surface area contributed by atoms with Crippen LogP contribution >= 0.6 is 34.0 Å². The molecule has 1 N–H and O–H groups in total. The molecule has 4 aromatic heterocycles. The van der Waals surface area contributed by atoms with Crippen LogP contribution < -0.4 is 5.32 Å². The molecule has 8 heteroatoms. The van der Waals surface area contributed by atoms with E-state index in [0.29, 0.717) is 12.3 Å². The highest BCUT2D eigenvalue weighted by molar-refractivity contribution is 7.21. The Balaban J connectivity index is 1.20. The van der Waals surface area contributed by atoms with E-state index in [9.17, 15) is 4.79 Å². The van der Waals surface area contributed by atoms with Crippen molar-refractivity contribution in [2.24, 2.45) is 0 Å². The van der Waals surface area contributed by atoms with E-state index in [4.69, 9.17) is 4.42 Å². The number of furan rings is 1. The van der Waals surface area contributed by atoms with E-state index in [1.807, 2.05) is 53.2 Å². The summed E-state index contributed by atoms with van der Waals surface area (Å²) in [6.45, 7) is 0.339. The second kappa shape index (κ2) is 7.90. The molecule has 0 saturated heterocycles. The van der Waals surface area contributed by atoms with Crippen molar-refractivity contribution in [3.63, 3.8) is 0 Å². The highest BCUT2D eigenvalue weighted by Gasteiger charge is 2.12. The molecule has 5 nitrogen and oxygen atoms in total. The fraction of sp³-hybridized carbons (Fsp3) is 0.0952. The molecule has 0 fully saturated rings. The molecule has 0 unspecified atom stereocenters. The third kappa shape index (κ3) is 4.00. The summed E-state index contributed by atoms with van der Waals surface area (Å²) >= 11 is 4.79. The largest absolute Gasteiger partial charge is 0.457 e. The zero-order chi connectivity index (χ0) is 19.6. The minimum atomic E-state index is -0.0786. The minimum absolute atomic E-state index is 0.0786. The molecular formula is C21H15N3O2S3. The molecule has 0 radical (unpaired) electrons. The maximum atomic E-state index is 12.3. The van der Waals surface area contributed by atoms with Gasteiger partial charge in [-0.15, -0.1) is 22.7 Å². The Morgan fingerprint density at radius 2 is 1.97 bits per heavy atom. The quantitative estimate of drug-likeness (QED) is 0.375. The van der Waals surface area contributed by atoms with Crippen molar-refractivity contribution in [1.82, 2.24) is 15.3 Å². The van der Waals surface area contributed by atoms with Gasteiger partial charge in [0.15, 0.2) is 10.8 Å². The van der Waals surface area contributed by atoms with E-state index in [1.54, 1.807) is 34.0 Å². The van der Waals surface area contributed by atoms with Gasteiger partial charge in [0.05, 0.1) is 28.9 Å². The molecule has 0 aliphatic carbocycles. The van der Waals surface area contributed by atoms with Gasteiger partial charge in [0, 0.05) is 16.3 Å². The standard InChI is InChI=1S/C21H15N3O2S3/c25-19(9-14-12-28-20(23-14)13-7-8-27-11-13)22-10-15-5-6-17(26-15)21-24-16-3-1-2-4-18(16)29-21/h1-8,11-12H,9-10H2,(H,22,25). The van der Waals surface area contributed by atoms with Crippen molar-refractivity contribution in [3.05, 3.63) is 70.1 Å². The Bertz CT molecular complexity index is 1230. The number of carbonyl (C=O) groups excluding carboxylic acids is 1. The summed E-state index contributed by atoms with van der Waals surface area (Å²) in [7, 11) is 0. The van der Waals surface area contributed by atoms with Crippen LogP contribution in [-0.4, -0.2) is 15.9 Å². The van der Waals surface area contributed by atoms with Crippen LogP contribution in [0.25, 0.3) is 31.6 Å². The van der Waals surface area contributed by atoms with E-state index in [1.165, 1.54) is 0 Å². The second-order valence-corrected chi connectivity index (χ2v) is 9.03. The molecule has 144 valence electrons. The van der Waals surface area contributed by atoms with Crippen molar-refractivity contribution in [1.29, 1.82) is 0 Å². The molecule has 0 bridgehead atoms. The van der Waals surface area contributed by atoms with Gasteiger partial charge in [-0.1, -0.05) is 12.1 Å². The summed E-state index contributed by atoms with van der Waals surface area (Å²) in [5, 5.41) is 10.7. The van der Waals surface area contributed by atoms with Gasteiger partial charge in [0.1, 0.15) is 10.8 Å². The second-order valence-electron chi connectivity index (χ2n) is 6.36. The Labute approximate surface area is 178 Å². The maximum Gasteiger partial charge on any atom is 0.226 e. The van der Waals surface area contributed by atoms with E-state index < -0.39 is 0 Å². The lowest BCUT2D eigenvalue weighted by Crippen LogP contribution is -2.24. The molecule has 0 spiro atoms. The highest BCUT2D eigenvalue weighted by atomic mass is 32.1. The molecule has 29 heavy (non-hydrogen) atoms. The van der Waals surface area contributed by atoms with Gasteiger partial charge >= 0.3 is 0 Å². The van der Waals surface area contributed by atoms with Crippen LogP contribution in [0.3, 0.4) is 0 Å². The average Bonchev–Trinajstić information content (AvgIpc) is 3.52. The maximum absolute atomic E-state index is 12.3. The fourth-order valence-electron chi connectivity index (χ4n) is 2.89. The molecular weight excluding hydrogens is 422 g/mol. The van der Waals surface area contributed by atoms with Gasteiger partial charge in [-0.05, 0) is 35.7 Å². The fourth-order valence-corrected chi connectivity index (χ4v) is 5.34. The Morgan fingerprint density at radius 1 is 1.03 bits per heavy atom. The zero-order valence-corrected chi connectivity index (χ0v) is 17.6. The number of hydrogen-bond acceptors (Lipinski definition) is 7. The SMILES string of the molecule is O=C(Cc1csc(-c2ccsc2)n1)NCc1ccc(-c2nc3ccccc3s2)o1. The molecule has 5 rings (SSSR count). The molecule has 0 saturated carbocycles. The van der Waals surface area contributed by atoms with E-state index >= 15 is 0 Å². The lowest BCUT2D eigenvalue weighted by atomic mass is 10.3. The van der Waals surface area contributed by atoms with Gasteiger partial charge in [0.25, 0.3) is 0 Å². The first-order valence-corrected chi connectivity index (χ1v) is 11.6. The number of nitrogens with zero attached hydrogens (tertiary/aromatic N) is 2. The van der Waals surface area contributed by atoms with Crippen LogP contribution in [0.5, 0.6) is 0 Å². The summed E-state index contributed by atoms with van der Waals surface area (Å²) in [6.07, 6.45) is 0.256. The predicted molar refractivity (Wildman–Crippen MR) is 118 cm³/mol.